The number of halogens is 3. The summed E-state index contributed by atoms with van der Waals surface area (Å²) >= 11 is 0. The Labute approximate surface area is 97.6 Å². The monoisotopic (exact) mass is 241 g/mol. The van der Waals surface area contributed by atoms with E-state index in [2.05, 4.69) is 0 Å². The van der Waals surface area contributed by atoms with Gasteiger partial charge in [-0.05, 0) is 18.8 Å². The number of nitrogens with two attached hydrogens (primary N) is 1. The Hall–Kier alpha value is -0.250. The third-order valence-electron chi connectivity index (χ3n) is 2.54. The zero-order valence-electron chi connectivity index (χ0n) is 10.9. The maximum atomic E-state index is 12.1. The van der Waals surface area contributed by atoms with Gasteiger partial charge in [0.1, 0.15) is 6.04 Å². The molecule has 1 rings (SSSR count). The van der Waals surface area contributed by atoms with Gasteiger partial charge in [-0.1, -0.05) is 47.0 Å². The first-order chi connectivity index (χ1) is 7.52. The SMILES string of the molecule is CC.CC.NC(C1CCCCC1)C(F)(F)F. The van der Waals surface area contributed by atoms with E-state index in [9.17, 15) is 13.2 Å². The summed E-state index contributed by atoms with van der Waals surface area (Å²) in [5.41, 5.74) is 5.10. The first-order valence-corrected chi connectivity index (χ1v) is 6.34. The molecule has 1 nitrogen and oxygen atoms in total. The lowest BCUT2D eigenvalue weighted by Gasteiger charge is -2.28. The zero-order chi connectivity index (χ0) is 13.2. The van der Waals surface area contributed by atoms with Crippen molar-refractivity contribution < 1.29 is 13.2 Å². The van der Waals surface area contributed by atoms with Gasteiger partial charge in [-0.15, -0.1) is 0 Å². The van der Waals surface area contributed by atoms with Crippen LogP contribution in [0.4, 0.5) is 13.2 Å². The van der Waals surface area contributed by atoms with E-state index >= 15 is 0 Å². The van der Waals surface area contributed by atoms with E-state index in [1.165, 1.54) is 0 Å². The Balaban J connectivity index is 0. The molecule has 1 aliphatic carbocycles. The third kappa shape index (κ3) is 7.09. The number of hydrogen-bond acceptors (Lipinski definition) is 1. The van der Waals surface area contributed by atoms with E-state index in [4.69, 9.17) is 5.73 Å². The Kier molecular flexibility index (Phi) is 11.3. The highest BCUT2D eigenvalue weighted by Gasteiger charge is 2.41. The fourth-order valence-electron chi connectivity index (χ4n) is 1.76. The Morgan fingerprint density at radius 2 is 1.31 bits per heavy atom. The molecule has 0 spiro atoms. The van der Waals surface area contributed by atoms with Gasteiger partial charge in [-0.2, -0.15) is 13.2 Å². The van der Waals surface area contributed by atoms with Crippen LogP contribution in [0.5, 0.6) is 0 Å². The molecule has 1 fully saturated rings. The molecule has 0 amide bonds. The van der Waals surface area contributed by atoms with E-state index in [1.54, 1.807) is 0 Å². The first kappa shape index (κ1) is 18.1. The summed E-state index contributed by atoms with van der Waals surface area (Å²) < 4.78 is 36.3. The van der Waals surface area contributed by atoms with Gasteiger partial charge in [0.05, 0.1) is 0 Å². The van der Waals surface area contributed by atoms with Crippen LogP contribution in [0.15, 0.2) is 0 Å². The predicted octanol–water partition coefficient (Wildman–Crippen LogP) is 4.51. The van der Waals surface area contributed by atoms with E-state index in [1.807, 2.05) is 27.7 Å². The topological polar surface area (TPSA) is 26.0 Å². The van der Waals surface area contributed by atoms with Gasteiger partial charge >= 0.3 is 6.18 Å². The molecule has 0 aromatic heterocycles. The minimum atomic E-state index is -4.21. The number of rotatable bonds is 1. The normalized spacial score (nSPS) is 18.8. The summed E-state index contributed by atoms with van der Waals surface area (Å²) in [7, 11) is 0. The van der Waals surface area contributed by atoms with Crippen molar-refractivity contribution in [2.45, 2.75) is 72.0 Å². The van der Waals surface area contributed by atoms with Crippen molar-refractivity contribution in [3.63, 3.8) is 0 Å². The molecule has 0 aromatic carbocycles. The van der Waals surface area contributed by atoms with Crippen LogP contribution >= 0.6 is 0 Å². The molecule has 2 N–H and O–H groups in total. The standard InChI is InChI=1S/C8H14F3N.2C2H6/c9-8(10,11)7(12)6-4-2-1-3-5-6;2*1-2/h6-7H,1-5,12H2;2*1-2H3. The van der Waals surface area contributed by atoms with Crippen LogP contribution < -0.4 is 5.73 Å². The van der Waals surface area contributed by atoms with Gasteiger partial charge in [-0.3, -0.25) is 0 Å². The van der Waals surface area contributed by atoms with Crippen LogP contribution in [0.2, 0.25) is 0 Å². The number of alkyl halides is 3. The second-order valence-corrected chi connectivity index (χ2v) is 3.47. The molecule has 0 aromatic rings. The highest BCUT2D eigenvalue weighted by Crippen LogP contribution is 2.32. The highest BCUT2D eigenvalue weighted by molar-refractivity contribution is 4.81. The summed E-state index contributed by atoms with van der Waals surface area (Å²) in [6.07, 6.45) is -0.0761. The van der Waals surface area contributed by atoms with Gasteiger partial charge < -0.3 is 5.73 Å². The van der Waals surface area contributed by atoms with Crippen molar-refractivity contribution in [1.29, 1.82) is 0 Å². The molecule has 0 radical (unpaired) electrons. The average Bonchev–Trinajstić information content (AvgIpc) is 2.33. The van der Waals surface area contributed by atoms with Crippen LogP contribution in [0.1, 0.15) is 59.8 Å². The van der Waals surface area contributed by atoms with Crippen molar-refractivity contribution in [3.05, 3.63) is 0 Å². The summed E-state index contributed by atoms with van der Waals surface area (Å²) in [5.74, 6) is -0.334. The molecule has 1 atom stereocenters. The van der Waals surface area contributed by atoms with Gasteiger partial charge in [0, 0.05) is 0 Å². The van der Waals surface area contributed by atoms with Gasteiger partial charge in [0.2, 0.25) is 0 Å². The number of hydrogen-bond donors (Lipinski definition) is 1. The minimum absolute atomic E-state index is 0.334. The van der Waals surface area contributed by atoms with Gasteiger partial charge in [0.15, 0.2) is 0 Å². The molecule has 1 saturated carbocycles. The Morgan fingerprint density at radius 3 is 1.62 bits per heavy atom. The molecule has 0 bridgehead atoms. The second kappa shape index (κ2) is 9.94. The Morgan fingerprint density at radius 1 is 0.938 bits per heavy atom. The molecule has 0 saturated heterocycles. The quantitative estimate of drug-likeness (QED) is 0.718. The molecule has 1 unspecified atom stereocenters. The molecule has 0 heterocycles. The van der Waals surface area contributed by atoms with Crippen molar-refractivity contribution in [2.75, 3.05) is 0 Å². The Bertz CT molecular complexity index is 140. The van der Waals surface area contributed by atoms with Crippen molar-refractivity contribution in [2.24, 2.45) is 11.7 Å². The minimum Gasteiger partial charge on any atom is -0.320 e. The second-order valence-electron chi connectivity index (χ2n) is 3.47. The van der Waals surface area contributed by atoms with E-state index in [-0.39, 0.29) is 5.92 Å². The molecule has 1 aliphatic rings. The first-order valence-electron chi connectivity index (χ1n) is 6.34. The van der Waals surface area contributed by atoms with E-state index < -0.39 is 12.2 Å². The van der Waals surface area contributed by atoms with Crippen molar-refractivity contribution in [3.8, 4) is 0 Å². The van der Waals surface area contributed by atoms with Crippen LogP contribution in [0, 0.1) is 5.92 Å². The molecular formula is C12H26F3N. The third-order valence-corrected chi connectivity index (χ3v) is 2.54. The van der Waals surface area contributed by atoms with Crippen molar-refractivity contribution in [1.82, 2.24) is 0 Å². The zero-order valence-corrected chi connectivity index (χ0v) is 10.9. The van der Waals surface area contributed by atoms with Crippen molar-refractivity contribution >= 4 is 0 Å². The molecule has 100 valence electrons. The van der Waals surface area contributed by atoms with Crippen LogP contribution in [0.25, 0.3) is 0 Å². The van der Waals surface area contributed by atoms with E-state index in [0.717, 1.165) is 19.3 Å². The highest BCUT2D eigenvalue weighted by atomic mass is 19.4. The van der Waals surface area contributed by atoms with Crippen LogP contribution in [0.3, 0.4) is 0 Å². The van der Waals surface area contributed by atoms with Gasteiger partial charge in [-0.25, -0.2) is 0 Å². The molecule has 16 heavy (non-hydrogen) atoms. The molecular weight excluding hydrogens is 215 g/mol. The molecule has 0 aliphatic heterocycles. The largest absolute Gasteiger partial charge is 0.403 e. The fraction of sp³-hybridized carbons (Fsp3) is 1.00. The average molecular weight is 241 g/mol. The molecule has 4 heteroatoms. The summed E-state index contributed by atoms with van der Waals surface area (Å²) in [6.45, 7) is 8.00. The van der Waals surface area contributed by atoms with Gasteiger partial charge in [0.25, 0.3) is 0 Å². The smallest absolute Gasteiger partial charge is 0.320 e. The maximum absolute atomic E-state index is 12.1. The predicted molar refractivity (Wildman–Crippen MR) is 63.3 cm³/mol. The van der Waals surface area contributed by atoms with Crippen LogP contribution in [-0.2, 0) is 0 Å². The lowest BCUT2D eigenvalue weighted by molar-refractivity contribution is -0.161. The lowest BCUT2D eigenvalue weighted by Crippen LogP contribution is -2.44. The fourth-order valence-corrected chi connectivity index (χ4v) is 1.76. The maximum Gasteiger partial charge on any atom is 0.403 e. The lowest BCUT2D eigenvalue weighted by atomic mass is 9.84. The summed E-state index contributed by atoms with van der Waals surface area (Å²) in [6, 6.07) is -1.60. The van der Waals surface area contributed by atoms with E-state index in [0.29, 0.717) is 12.8 Å². The summed E-state index contributed by atoms with van der Waals surface area (Å²) in [4.78, 5) is 0. The summed E-state index contributed by atoms with van der Waals surface area (Å²) in [5, 5.41) is 0. The van der Waals surface area contributed by atoms with Crippen LogP contribution in [-0.4, -0.2) is 12.2 Å².